The molecule has 0 spiro atoms. The molecule has 1 aliphatic rings. The average molecular weight is 302 g/mol. The van der Waals surface area contributed by atoms with Crippen molar-refractivity contribution in [1.82, 2.24) is 0 Å². The smallest absolute Gasteiger partial charge is 0.434 e. The van der Waals surface area contributed by atoms with Crippen LogP contribution in [0.4, 0.5) is 4.79 Å². The second-order valence-corrected chi connectivity index (χ2v) is 5.86. The molecule has 1 atom stereocenters. The molecule has 22 heavy (non-hydrogen) atoms. The van der Waals surface area contributed by atoms with Gasteiger partial charge >= 0.3 is 6.16 Å². The molecule has 3 heteroatoms. The van der Waals surface area contributed by atoms with Crippen LogP contribution in [-0.2, 0) is 4.74 Å². The maximum Gasteiger partial charge on any atom is 0.513 e. The van der Waals surface area contributed by atoms with Crippen LogP contribution in [0.5, 0.6) is 5.75 Å². The molecule has 1 aromatic carbocycles. The van der Waals surface area contributed by atoms with E-state index in [2.05, 4.69) is 19.9 Å². The Balaban J connectivity index is 1.88. The number of unbranched alkanes of at least 4 members (excludes halogenated alkanes) is 1. The maximum atomic E-state index is 11.5. The molecule has 0 amide bonds. The van der Waals surface area contributed by atoms with Crippen LogP contribution in [0.3, 0.4) is 0 Å². The van der Waals surface area contributed by atoms with E-state index in [1.807, 2.05) is 24.3 Å². The first-order valence-electron chi connectivity index (χ1n) is 8.37. The molecule has 1 aromatic rings. The van der Waals surface area contributed by atoms with E-state index in [9.17, 15) is 4.79 Å². The normalized spacial score (nSPS) is 17.7. The van der Waals surface area contributed by atoms with Gasteiger partial charge in [0.25, 0.3) is 0 Å². The molecule has 0 heterocycles. The number of allylic oxidation sites excluding steroid dienone is 2. The van der Waals surface area contributed by atoms with E-state index in [1.165, 1.54) is 30.4 Å². The highest BCUT2D eigenvalue weighted by molar-refractivity contribution is 5.68. The van der Waals surface area contributed by atoms with E-state index in [1.54, 1.807) is 0 Å². The summed E-state index contributed by atoms with van der Waals surface area (Å²) in [5, 5.41) is 0. The van der Waals surface area contributed by atoms with Gasteiger partial charge in [-0.3, -0.25) is 0 Å². The molecule has 0 N–H and O–H groups in total. The van der Waals surface area contributed by atoms with Crippen LogP contribution >= 0.6 is 0 Å². The third-order valence-corrected chi connectivity index (χ3v) is 4.24. The summed E-state index contributed by atoms with van der Waals surface area (Å²) in [5.74, 6) is 1.37. The first-order valence-corrected chi connectivity index (χ1v) is 8.37. The molecule has 0 bridgehead atoms. The Hall–Kier alpha value is -1.77. The number of hydrogen-bond donors (Lipinski definition) is 0. The molecule has 120 valence electrons. The van der Waals surface area contributed by atoms with Gasteiger partial charge in [0, 0.05) is 0 Å². The quantitative estimate of drug-likeness (QED) is 0.390. The van der Waals surface area contributed by atoms with Crippen molar-refractivity contribution in [3.63, 3.8) is 0 Å². The van der Waals surface area contributed by atoms with Gasteiger partial charge in [0.1, 0.15) is 5.75 Å². The van der Waals surface area contributed by atoms with Gasteiger partial charge in [0.15, 0.2) is 0 Å². The minimum atomic E-state index is -0.621. The summed E-state index contributed by atoms with van der Waals surface area (Å²) in [4.78, 5) is 11.5. The van der Waals surface area contributed by atoms with Crippen LogP contribution < -0.4 is 4.74 Å². The lowest BCUT2D eigenvalue weighted by atomic mass is 9.85. The summed E-state index contributed by atoms with van der Waals surface area (Å²) < 4.78 is 10.1. The lowest BCUT2D eigenvalue weighted by molar-refractivity contribution is 0.0978. The lowest BCUT2D eigenvalue weighted by Crippen LogP contribution is -2.11. The molecule has 1 unspecified atom stereocenters. The summed E-state index contributed by atoms with van der Waals surface area (Å²) in [6.45, 7) is 4.73. The molecule has 0 aromatic heterocycles. The molecule has 0 radical (unpaired) electrons. The van der Waals surface area contributed by atoms with Gasteiger partial charge in [-0.15, -0.1) is 0 Å². The van der Waals surface area contributed by atoms with Crippen LogP contribution in [0.25, 0.3) is 5.57 Å². The Morgan fingerprint density at radius 2 is 2.00 bits per heavy atom. The number of ether oxygens (including phenoxy) is 2. The van der Waals surface area contributed by atoms with Gasteiger partial charge in [-0.05, 0) is 54.9 Å². The van der Waals surface area contributed by atoms with E-state index in [-0.39, 0.29) is 0 Å². The molecule has 0 aliphatic heterocycles. The second-order valence-electron chi connectivity index (χ2n) is 5.86. The summed E-state index contributed by atoms with van der Waals surface area (Å²) in [6, 6.07) is 7.71. The zero-order valence-corrected chi connectivity index (χ0v) is 13.6. The molecule has 0 fully saturated rings. The standard InChI is InChI=1S/C19H26O3/c1-3-5-14-21-19(20)22-18-12-10-17(11-13-18)16-8-6-15(4-2)7-9-16/h8,10-13,15H,3-7,9,14H2,1-2H3. The topological polar surface area (TPSA) is 35.5 Å². The van der Waals surface area contributed by atoms with Gasteiger partial charge in [-0.25, -0.2) is 4.79 Å². The van der Waals surface area contributed by atoms with Gasteiger partial charge in [0.05, 0.1) is 6.61 Å². The Kier molecular flexibility index (Phi) is 6.50. The summed E-state index contributed by atoms with van der Waals surface area (Å²) in [6.07, 6.45) is 8.43. The lowest BCUT2D eigenvalue weighted by Gasteiger charge is -2.20. The highest BCUT2D eigenvalue weighted by Gasteiger charge is 2.14. The van der Waals surface area contributed by atoms with Crippen molar-refractivity contribution >= 4 is 11.7 Å². The zero-order valence-electron chi connectivity index (χ0n) is 13.6. The van der Waals surface area contributed by atoms with Crippen molar-refractivity contribution < 1.29 is 14.3 Å². The number of hydrogen-bond acceptors (Lipinski definition) is 3. The Morgan fingerprint density at radius 1 is 1.23 bits per heavy atom. The SMILES string of the molecule is CCCCOC(=O)Oc1ccc(C2=CCC(CC)CC2)cc1. The van der Waals surface area contributed by atoms with Crippen LogP contribution in [-0.4, -0.2) is 12.8 Å². The summed E-state index contributed by atoms with van der Waals surface area (Å²) >= 11 is 0. The van der Waals surface area contributed by atoms with Crippen LogP contribution in [0.2, 0.25) is 0 Å². The van der Waals surface area contributed by atoms with Crippen molar-refractivity contribution in [3.8, 4) is 5.75 Å². The number of carbonyl (C=O) groups is 1. The van der Waals surface area contributed by atoms with Gasteiger partial charge in [-0.1, -0.05) is 44.9 Å². The van der Waals surface area contributed by atoms with E-state index >= 15 is 0 Å². The van der Waals surface area contributed by atoms with Gasteiger partial charge in [0.2, 0.25) is 0 Å². The molecular formula is C19H26O3. The van der Waals surface area contributed by atoms with Crippen LogP contribution in [0, 0.1) is 5.92 Å². The number of benzene rings is 1. The minimum absolute atomic E-state index is 0.416. The average Bonchev–Trinajstić information content (AvgIpc) is 2.56. The highest BCUT2D eigenvalue weighted by atomic mass is 16.7. The summed E-state index contributed by atoms with van der Waals surface area (Å²) in [5.41, 5.74) is 2.63. The second kappa shape index (κ2) is 8.62. The molecule has 0 saturated carbocycles. The Labute approximate surface area is 133 Å². The fourth-order valence-electron chi connectivity index (χ4n) is 2.68. The monoisotopic (exact) mass is 302 g/mol. The largest absolute Gasteiger partial charge is 0.513 e. The van der Waals surface area contributed by atoms with Crippen molar-refractivity contribution in [2.75, 3.05) is 6.61 Å². The Bertz CT molecular complexity index is 502. The van der Waals surface area contributed by atoms with E-state index in [4.69, 9.17) is 9.47 Å². The Morgan fingerprint density at radius 3 is 2.59 bits per heavy atom. The molecule has 1 aliphatic carbocycles. The van der Waals surface area contributed by atoms with E-state index < -0.39 is 6.16 Å². The van der Waals surface area contributed by atoms with Crippen molar-refractivity contribution in [2.24, 2.45) is 5.92 Å². The van der Waals surface area contributed by atoms with Crippen LogP contribution in [0.15, 0.2) is 30.3 Å². The van der Waals surface area contributed by atoms with Gasteiger partial charge < -0.3 is 9.47 Å². The minimum Gasteiger partial charge on any atom is -0.434 e. The first kappa shape index (κ1) is 16.6. The fourth-order valence-corrected chi connectivity index (χ4v) is 2.68. The molecule has 0 saturated heterocycles. The number of rotatable bonds is 6. The third-order valence-electron chi connectivity index (χ3n) is 4.24. The van der Waals surface area contributed by atoms with Crippen LogP contribution in [0.1, 0.15) is 57.9 Å². The van der Waals surface area contributed by atoms with Gasteiger partial charge in [-0.2, -0.15) is 0 Å². The van der Waals surface area contributed by atoms with Crippen molar-refractivity contribution in [3.05, 3.63) is 35.9 Å². The molecule has 2 rings (SSSR count). The maximum absolute atomic E-state index is 11.5. The molecule has 3 nitrogen and oxygen atoms in total. The van der Waals surface area contributed by atoms with Crippen molar-refractivity contribution in [2.45, 2.75) is 52.4 Å². The number of carbonyl (C=O) groups excluding carboxylic acids is 1. The van der Waals surface area contributed by atoms with Crippen molar-refractivity contribution in [1.29, 1.82) is 0 Å². The van der Waals surface area contributed by atoms with E-state index in [0.29, 0.717) is 12.4 Å². The predicted molar refractivity (Wildman–Crippen MR) is 88.9 cm³/mol. The van der Waals surface area contributed by atoms with E-state index in [0.717, 1.165) is 25.2 Å². The predicted octanol–water partition coefficient (Wildman–Crippen LogP) is 5.60. The first-order chi connectivity index (χ1) is 10.7. The summed E-state index contributed by atoms with van der Waals surface area (Å²) in [7, 11) is 0. The zero-order chi connectivity index (χ0) is 15.8. The highest BCUT2D eigenvalue weighted by Crippen LogP contribution is 2.32. The third kappa shape index (κ3) is 4.90. The fraction of sp³-hybridized carbons (Fsp3) is 0.526. The molecular weight excluding hydrogens is 276 g/mol.